The largest absolute Gasteiger partial charge is 0.379 e. The summed E-state index contributed by atoms with van der Waals surface area (Å²) < 4.78 is 22.0. The Kier molecular flexibility index (Phi) is 22.5. The van der Waals surface area contributed by atoms with Gasteiger partial charge < -0.3 is 35.5 Å². The molecule has 14 rings (SSSR count). The molecule has 2 aliphatic heterocycles. The SMILES string of the molecule is Cc1n[nH]c(C)c1-c1ccc(NC(=O)[C@@H](NC(=O)c2ccnn2C)[C@@H]2CCc3ccc(-c4ccc(CN5CCOCC5)cc4)cc32)cc1.Cc1nn(COCC[Si](C)(C)C)c(C)c1-c1ccc(NC(=O)[C@@H](NC(=O)c2ccnn2C)[C@@H]2CCc3ccc(-c4ccc(CN5CCOCC5)cc4)cc32)cc1. The van der Waals surface area contributed by atoms with Crippen molar-refractivity contribution < 1.29 is 33.4 Å². The molecule has 2 aliphatic carbocycles. The third-order valence-electron chi connectivity index (χ3n) is 20.8. The van der Waals surface area contributed by atoms with Crippen molar-refractivity contribution in [2.24, 2.45) is 14.1 Å². The Morgan fingerprint density at radius 3 is 1.39 bits per heavy atom. The Morgan fingerprint density at radius 2 is 0.981 bits per heavy atom. The molecule has 4 aliphatic rings. The third-order valence-corrected chi connectivity index (χ3v) is 22.5. The van der Waals surface area contributed by atoms with Gasteiger partial charge in [0.15, 0.2) is 0 Å². The lowest BCUT2D eigenvalue weighted by Gasteiger charge is -2.26. The molecule has 540 valence electrons. The number of hydrogen-bond acceptors (Lipinski definition) is 13. The van der Waals surface area contributed by atoms with E-state index in [0.29, 0.717) is 29.5 Å². The highest BCUT2D eigenvalue weighted by Gasteiger charge is 2.39. The highest BCUT2D eigenvalue weighted by atomic mass is 28.3. The van der Waals surface area contributed by atoms with Gasteiger partial charge in [-0.2, -0.15) is 20.4 Å². The first-order valence-electron chi connectivity index (χ1n) is 36.4. The minimum Gasteiger partial charge on any atom is -0.379 e. The van der Waals surface area contributed by atoms with E-state index in [9.17, 15) is 19.2 Å². The summed E-state index contributed by atoms with van der Waals surface area (Å²) in [5.41, 5.74) is 21.7. The zero-order chi connectivity index (χ0) is 72.6. The smallest absolute Gasteiger partial charge is 0.270 e. The zero-order valence-electron chi connectivity index (χ0n) is 61.2. The first-order chi connectivity index (χ1) is 50.3. The van der Waals surface area contributed by atoms with E-state index in [-0.39, 0.29) is 35.5 Å². The molecule has 4 amide bonds. The number of hydrogen-bond donors (Lipinski definition) is 5. The van der Waals surface area contributed by atoms with E-state index >= 15 is 0 Å². The summed E-state index contributed by atoms with van der Waals surface area (Å²) >= 11 is 0. The van der Waals surface area contributed by atoms with Crippen molar-refractivity contribution in [2.45, 2.75) is 123 Å². The summed E-state index contributed by atoms with van der Waals surface area (Å²) in [7, 11) is 2.27. The second-order valence-electron chi connectivity index (χ2n) is 29.2. The Balaban J connectivity index is 0.000000187. The van der Waals surface area contributed by atoms with Gasteiger partial charge in [-0.25, -0.2) is 4.68 Å². The Bertz CT molecular complexity index is 4640. The molecule has 6 heterocycles. The van der Waals surface area contributed by atoms with Crippen LogP contribution in [0, 0.1) is 27.7 Å². The van der Waals surface area contributed by atoms with Crippen LogP contribution in [0.3, 0.4) is 0 Å². The van der Waals surface area contributed by atoms with Crippen molar-refractivity contribution in [2.75, 3.05) is 69.8 Å². The van der Waals surface area contributed by atoms with Gasteiger partial charge in [-0.1, -0.05) is 129 Å². The van der Waals surface area contributed by atoms with E-state index in [2.05, 4.69) is 163 Å². The van der Waals surface area contributed by atoms with Gasteiger partial charge in [-0.05, 0) is 163 Å². The van der Waals surface area contributed by atoms with Crippen molar-refractivity contribution in [1.29, 1.82) is 0 Å². The number of nitrogens with one attached hydrogen (secondary N) is 5. The zero-order valence-corrected chi connectivity index (χ0v) is 62.2. The van der Waals surface area contributed by atoms with Crippen molar-refractivity contribution in [3.05, 3.63) is 226 Å². The van der Waals surface area contributed by atoms with E-state index in [1.54, 1.807) is 38.6 Å². The van der Waals surface area contributed by atoms with Crippen LogP contribution < -0.4 is 21.3 Å². The standard InChI is InChI=1S/C44H55N7O4Si.C38H41N7O3/c1-30-41(31(2)51(48-30)29-55-25-26-56(4,5)6)35-13-16-37(17-14-35)46-44(53)42(47-43(52)40-19-20-45-49(40)3)38-18-15-34-11-12-36(27-39(34)38)33-9-7-32(8-10-33)28-50-21-23-54-24-22-50;1-24-35(25(2)43-42-24)29-10-13-31(14-11-29)40-38(47)36(41-37(46)34-16-17-39-44(34)3)32-15-12-28-8-9-30(22-33(28)32)27-6-4-26(5-7-27)23-45-18-20-48-21-19-45/h7-14,16-17,19-20,27,38,42H,15,18,21-26,28-29H2,1-6H3,(H,46,53)(H,47,52);4-11,13-14,16-17,22,32,36H,12,15,18-21,23H2,1-3H3,(H,40,47)(H,41,46)(H,42,43)/t38-,42+;32-,36+/m11/s1. The topological polar surface area (TPSA) is 233 Å². The number of carbonyl (C=O) groups is 4. The number of amides is 4. The van der Waals surface area contributed by atoms with Gasteiger partial charge in [0.05, 0.1) is 37.8 Å². The number of carbonyl (C=O) groups excluding carboxylic acids is 4. The number of H-pyrrole nitrogens is 1. The molecular weight excluding hydrogens is 1320 g/mol. The van der Waals surface area contributed by atoms with Gasteiger partial charge in [0.2, 0.25) is 11.8 Å². The number of fused-ring (bicyclic) bond motifs is 2. The van der Waals surface area contributed by atoms with Crippen molar-refractivity contribution in [3.63, 3.8) is 0 Å². The lowest BCUT2D eigenvalue weighted by molar-refractivity contribution is -0.119. The summed E-state index contributed by atoms with van der Waals surface area (Å²) in [4.78, 5) is 60.4. The van der Waals surface area contributed by atoms with Crippen LogP contribution in [-0.2, 0) is 70.6 Å². The van der Waals surface area contributed by atoms with Crippen molar-refractivity contribution in [3.8, 4) is 44.5 Å². The van der Waals surface area contributed by atoms with Crippen molar-refractivity contribution >= 4 is 43.1 Å². The predicted molar refractivity (Wildman–Crippen MR) is 409 cm³/mol. The first kappa shape index (κ1) is 72.4. The van der Waals surface area contributed by atoms with Gasteiger partial charge in [-0.15, -0.1) is 0 Å². The van der Waals surface area contributed by atoms with Gasteiger partial charge in [-0.3, -0.25) is 43.4 Å². The van der Waals surface area contributed by atoms with E-state index in [1.165, 1.54) is 31.6 Å². The summed E-state index contributed by atoms with van der Waals surface area (Å²) in [6.45, 7) is 25.0. The lowest BCUT2D eigenvalue weighted by Crippen LogP contribution is -2.47. The molecule has 104 heavy (non-hydrogen) atoms. The molecule has 10 aromatic rings. The number of rotatable bonds is 23. The van der Waals surface area contributed by atoms with Crippen LogP contribution in [0.15, 0.2) is 158 Å². The molecule has 22 heteroatoms. The molecule has 0 bridgehead atoms. The van der Waals surface area contributed by atoms with Crippen LogP contribution in [0.2, 0.25) is 25.7 Å². The predicted octanol–water partition coefficient (Wildman–Crippen LogP) is 12.6. The molecule has 0 spiro atoms. The van der Waals surface area contributed by atoms with Gasteiger partial charge in [0.1, 0.15) is 30.2 Å². The molecule has 2 fully saturated rings. The average Bonchev–Trinajstić information content (AvgIpc) is 1.62. The fourth-order valence-corrected chi connectivity index (χ4v) is 15.7. The number of benzene rings is 6. The maximum atomic E-state index is 14.3. The summed E-state index contributed by atoms with van der Waals surface area (Å²) in [5, 5.41) is 32.9. The maximum absolute atomic E-state index is 14.3. The van der Waals surface area contributed by atoms with Crippen molar-refractivity contribution in [1.82, 2.24) is 60.0 Å². The Labute approximate surface area is 610 Å². The summed E-state index contributed by atoms with van der Waals surface area (Å²) in [6.07, 6.45) is 6.32. The van der Waals surface area contributed by atoms with Crippen LogP contribution in [0.1, 0.15) is 102 Å². The maximum Gasteiger partial charge on any atom is 0.270 e. The average molecular weight is 1420 g/mol. The van der Waals surface area contributed by atoms with E-state index < -0.39 is 20.2 Å². The second kappa shape index (κ2) is 32.4. The molecule has 0 radical (unpaired) electrons. The highest BCUT2D eigenvalue weighted by molar-refractivity contribution is 6.76. The fraction of sp³-hybridized carbons (Fsp3) is 0.366. The van der Waals surface area contributed by atoms with Gasteiger partial charge >= 0.3 is 0 Å². The van der Waals surface area contributed by atoms with Gasteiger partial charge in [0, 0.05) is 126 Å². The molecule has 5 N–H and O–H groups in total. The number of nitrogens with zero attached hydrogens (tertiary/aromatic N) is 9. The quantitative estimate of drug-likeness (QED) is 0.0297. The van der Waals surface area contributed by atoms with E-state index in [4.69, 9.17) is 19.3 Å². The fourth-order valence-electron chi connectivity index (χ4n) is 14.9. The minimum absolute atomic E-state index is 0.201. The number of aromatic nitrogens is 8. The van der Waals surface area contributed by atoms with E-state index in [1.807, 2.05) is 74.0 Å². The van der Waals surface area contributed by atoms with Gasteiger partial charge in [0.25, 0.3) is 11.8 Å². The number of morpholine rings is 2. The number of aryl methyl sites for hydroxylation is 7. The second-order valence-corrected chi connectivity index (χ2v) is 34.8. The molecule has 6 aromatic carbocycles. The third kappa shape index (κ3) is 17.1. The van der Waals surface area contributed by atoms with E-state index in [0.717, 1.165) is 182 Å². The molecule has 0 saturated carbocycles. The first-order valence-corrected chi connectivity index (χ1v) is 40.1. The van der Waals surface area contributed by atoms with Crippen LogP contribution in [0.25, 0.3) is 44.5 Å². The summed E-state index contributed by atoms with van der Waals surface area (Å²) in [5.74, 6) is -1.62. The van der Waals surface area contributed by atoms with Crippen LogP contribution >= 0.6 is 0 Å². The number of aromatic amines is 1. The highest BCUT2D eigenvalue weighted by Crippen LogP contribution is 2.41. The molecular formula is C82H96N14O7Si. The van der Waals surface area contributed by atoms with Crippen LogP contribution in [0.4, 0.5) is 11.4 Å². The summed E-state index contributed by atoms with van der Waals surface area (Å²) in [6, 6.07) is 49.0. The number of anilines is 2. The lowest BCUT2D eigenvalue weighted by atomic mass is 9.90. The number of ether oxygens (including phenoxy) is 3. The normalized spacial score (nSPS) is 16.6. The minimum atomic E-state index is -1.17. The van der Waals surface area contributed by atoms with Crippen LogP contribution in [-0.4, -0.2) is 152 Å². The molecule has 2 saturated heterocycles. The Morgan fingerprint density at radius 1 is 0.548 bits per heavy atom. The monoisotopic (exact) mass is 1420 g/mol. The van der Waals surface area contributed by atoms with Crippen LogP contribution in [0.5, 0.6) is 0 Å². The molecule has 4 aromatic heterocycles. The molecule has 0 unspecified atom stereocenters. The Hall–Kier alpha value is -9.94. The molecule has 4 atom stereocenters. The molecule has 21 nitrogen and oxygen atoms in total.